The lowest BCUT2D eigenvalue weighted by Crippen LogP contribution is -2.34. The Labute approximate surface area is 198 Å². The molecule has 0 spiro atoms. The molecule has 3 rings (SSSR count). The summed E-state index contributed by atoms with van der Waals surface area (Å²) in [5.41, 5.74) is 1.60. The lowest BCUT2D eigenvalue weighted by Gasteiger charge is -2.25. The second-order valence-electron chi connectivity index (χ2n) is 7.34. The Bertz CT molecular complexity index is 1130. The molecule has 178 valence electrons. The number of para-hydroxylation sites is 1. The van der Waals surface area contributed by atoms with Gasteiger partial charge in [-0.3, -0.25) is 4.79 Å². The molecule has 0 bridgehead atoms. The van der Waals surface area contributed by atoms with Crippen LogP contribution in [0.15, 0.2) is 66.7 Å². The number of carbonyl (C=O) groups is 2. The molecule has 3 aromatic carbocycles. The van der Waals surface area contributed by atoms with E-state index in [0.717, 1.165) is 11.1 Å². The SMILES string of the molecule is COc1ccc(OC)c(CN(Cc2ccccc2)C(=O)COc2c(OC)cccc2C(=O)O)c1. The van der Waals surface area contributed by atoms with Crippen molar-refractivity contribution in [2.24, 2.45) is 0 Å². The van der Waals surface area contributed by atoms with Gasteiger partial charge in [0, 0.05) is 18.7 Å². The van der Waals surface area contributed by atoms with Gasteiger partial charge in [-0.15, -0.1) is 0 Å². The van der Waals surface area contributed by atoms with Crippen LogP contribution >= 0.6 is 0 Å². The van der Waals surface area contributed by atoms with Crippen molar-refractivity contribution < 1.29 is 33.6 Å². The molecule has 0 fully saturated rings. The summed E-state index contributed by atoms with van der Waals surface area (Å²) in [6.45, 7) is 0.177. The zero-order chi connectivity index (χ0) is 24.5. The fourth-order valence-corrected chi connectivity index (χ4v) is 3.47. The quantitative estimate of drug-likeness (QED) is 0.457. The number of amides is 1. The maximum Gasteiger partial charge on any atom is 0.339 e. The van der Waals surface area contributed by atoms with Crippen LogP contribution in [0.3, 0.4) is 0 Å². The molecule has 8 heteroatoms. The predicted octanol–water partition coefficient (Wildman–Crippen LogP) is 4.02. The normalized spacial score (nSPS) is 10.3. The van der Waals surface area contributed by atoms with Crippen molar-refractivity contribution in [1.29, 1.82) is 0 Å². The lowest BCUT2D eigenvalue weighted by molar-refractivity contribution is -0.134. The van der Waals surface area contributed by atoms with Crippen molar-refractivity contribution in [3.8, 4) is 23.0 Å². The van der Waals surface area contributed by atoms with Crippen LogP contribution in [0.1, 0.15) is 21.5 Å². The van der Waals surface area contributed by atoms with E-state index in [1.165, 1.54) is 13.2 Å². The van der Waals surface area contributed by atoms with E-state index in [4.69, 9.17) is 18.9 Å². The van der Waals surface area contributed by atoms with Crippen molar-refractivity contribution in [2.45, 2.75) is 13.1 Å². The number of methoxy groups -OCH3 is 3. The van der Waals surface area contributed by atoms with Crippen molar-refractivity contribution in [3.05, 3.63) is 83.4 Å². The minimum Gasteiger partial charge on any atom is -0.497 e. The Kier molecular flexibility index (Phi) is 8.34. The van der Waals surface area contributed by atoms with Gasteiger partial charge in [-0.25, -0.2) is 4.79 Å². The summed E-state index contributed by atoms with van der Waals surface area (Å²) in [7, 11) is 4.54. The highest BCUT2D eigenvalue weighted by molar-refractivity contribution is 5.92. The predicted molar refractivity (Wildman–Crippen MR) is 126 cm³/mol. The Morgan fingerprint density at radius 2 is 1.56 bits per heavy atom. The minimum atomic E-state index is -1.18. The van der Waals surface area contributed by atoms with E-state index < -0.39 is 5.97 Å². The van der Waals surface area contributed by atoms with Crippen molar-refractivity contribution in [2.75, 3.05) is 27.9 Å². The monoisotopic (exact) mass is 465 g/mol. The highest BCUT2D eigenvalue weighted by Gasteiger charge is 2.21. The third kappa shape index (κ3) is 5.98. The molecule has 0 heterocycles. The van der Waals surface area contributed by atoms with Gasteiger partial charge in [0.15, 0.2) is 18.1 Å². The molecule has 0 radical (unpaired) electrons. The lowest BCUT2D eigenvalue weighted by atomic mass is 10.1. The molecule has 0 aliphatic heterocycles. The van der Waals surface area contributed by atoms with Gasteiger partial charge >= 0.3 is 5.97 Å². The average molecular weight is 466 g/mol. The van der Waals surface area contributed by atoms with Crippen molar-refractivity contribution in [3.63, 3.8) is 0 Å². The molecule has 0 aliphatic carbocycles. The number of hydrogen-bond donors (Lipinski definition) is 1. The zero-order valence-electron chi connectivity index (χ0n) is 19.3. The van der Waals surface area contributed by atoms with E-state index in [2.05, 4.69) is 0 Å². The summed E-state index contributed by atoms with van der Waals surface area (Å²) in [5, 5.41) is 9.50. The molecule has 1 amide bonds. The summed E-state index contributed by atoms with van der Waals surface area (Å²) in [4.78, 5) is 26.5. The standard InChI is InChI=1S/C26H27NO7/c1-31-20-12-13-22(32-2)19(14-20)16-27(15-18-8-5-4-6-9-18)24(28)17-34-25-21(26(29)30)10-7-11-23(25)33-3/h4-14H,15-17H2,1-3H3,(H,29,30). The number of carboxylic acids is 1. The fraction of sp³-hybridized carbons (Fsp3) is 0.231. The average Bonchev–Trinajstić information content (AvgIpc) is 2.87. The number of nitrogens with zero attached hydrogens (tertiary/aromatic N) is 1. The summed E-state index contributed by atoms with van der Waals surface area (Å²) in [5.74, 6) is -0.0226. The smallest absolute Gasteiger partial charge is 0.339 e. The highest BCUT2D eigenvalue weighted by atomic mass is 16.5. The molecule has 34 heavy (non-hydrogen) atoms. The first kappa shape index (κ1) is 24.4. The van der Waals surface area contributed by atoms with Crippen LogP contribution in [0, 0.1) is 0 Å². The van der Waals surface area contributed by atoms with E-state index in [1.807, 2.05) is 36.4 Å². The van der Waals surface area contributed by atoms with Crippen LogP contribution in [0.5, 0.6) is 23.0 Å². The maximum atomic E-state index is 13.3. The molecule has 0 saturated heterocycles. The van der Waals surface area contributed by atoms with E-state index in [-0.39, 0.29) is 36.1 Å². The molecular weight excluding hydrogens is 438 g/mol. The van der Waals surface area contributed by atoms with E-state index >= 15 is 0 Å². The number of benzene rings is 3. The molecule has 8 nitrogen and oxygen atoms in total. The van der Waals surface area contributed by atoms with Gasteiger partial charge in [-0.2, -0.15) is 0 Å². The summed E-state index contributed by atoms with van der Waals surface area (Å²) in [6.07, 6.45) is 0. The Hall–Kier alpha value is -4.20. The number of rotatable bonds is 11. The third-order valence-electron chi connectivity index (χ3n) is 5.19. The topological polar surface area (TPSA) is 94.5 Å². The Balaban J connectivity index is 1.87. The van der Waals surface area contributed by atoms with E-state index in [0.29, 0.717) is 18.0 Å². The maximum absolute atomic E-state index is 13.3. The van der Waals surface area contributed by atoms with Crippen LogP contribution in [0.4, 0.5) is 0 Å². The fourth-order valence-electron chi connectivity index (χ4n) is 3.47. The molecule has 0 atom stereocenters. The first-order valence-corrected chi connectivity index (χ1v) is 10.5. The van der Waals surface area contributed by atoms with Gasteiger partial charge in [0.2, 0.25) is 0 Å². The summed E-state index contributed by atoms with van der Waals surface area (Å²) in [6, 6.07) is 19.4. The van der Waals surface area contributed by atoms with Crippen LogP contribution < -0.4 is 18.9 Å². The van der Waals surface area contributed by atoms with Gasteiger partial charge in [-0.1, -0.05) is 36.4 Å². The summed E-state index contributed by atoms with van der Waals surface area (Å²) >= 11 is 0. The molecule has 1 N–H and O–H groups in total. The Morgan fingerprint density at radius 3 is 2.21 bits per heavy atom. The van der Waals surface area contributed by atoms with Gasteiger partial charge in [0.1, 0.15) is 17.1 Å². The van der Waals surface area contributed by atoms with Crippen LogP contribution in [0.2, 0.25) is 0 Å². The van der Waals surface area contributed by atoms with Gasteiger partial charge in [-0.05, 0) is 35.9 Å². The molecule has 0 aromatic heterocycles. The van der Waals surface area contributed by atoms with Crippen molar-refractivity contribution in [1.82, 2.24) is 4.90 Å². The second kappa shape index (κ2) is 11.6. The van der Waals surface area contributed by atoms with Gasteiger partial charge in [0.25, 0.3) is 5.91 Å². The molecule has 0 saturated carbocycles. The largest absolute Gasteiger partial charge is 0.497 e. The van der Waals surface area contributed by atoms with Crippen LogP contribution in [-0.2, 0) is 17.9 Å². The minimum absolute atomic E-state index is 0.00414. The second-order valence-corrected chi connectivity index (χ2v) is 7.34. The Morgan fingerprint density at radius 1 is 0.824 bits per heavy atom. The number of carbonyl (C=O) groups excluding carboxylic acids is 1. The molecule has 3 aromatic rings. The number of aromatic carboxylic acids is 1. The van der Waals surface area contributed by atoms with E-state index in [9.17, 15) is 14.7 Å². The van der Waals surface area contributed by atoms with E-state index in [1.54, 1.807) is 43.4 Å². The molecule has 0 unspecified atom stereocenters. The highest BCUT2D eigenvalue weighted by Crippen LogP contribution is 2.31. The molecule has 0 aliphatic rings. The summed E-state index contributed by atoms with van der Waals surface area (Å²) < 4.78 is 21.7. The van der Waals surface area contributed by atoms with Gasteiger partial charge < -0.3 is 29.0 Å². The first-order valence-electron chi connectivity index (χ1n) is 10.5. The van der Waals surface area contributed by atoms with Crippen LogP contribution in [-0.4, -0.2) is 49.8 Å². The molecular formula is C26H27NO7. The number of hydrogen-bond acceptors (Lipinski definition) is 6. The first-order chi connectivity index (χ1) is 16.5. The third-order valence-corrected chi connectivity index (χ3v) is 5.19. The van der Waals surface area contributed by atoms with Gasteiger partial charge in [0.05, 0.1) is 21.3 Å². The zero-order valence-corrected chi connectivity index (χ0v) is 19.3. The number of ether oxygens (including phenoxy) is 4. The van der Waals surface area contributed by atoms with Crippen LogP contribution in [0.25, 0.3) is 0 Å². The number of carboxylic acid groups (broad SMARTS) is 1. The van der Waals surface area contributed by atoms with Crippen molar-refractivity contribution >= 4 is 11.9 Å².